The van der Waals surface area contributed by atoms with E-state index in [-0.39, 0.29) is 5.91 Å². The molecule has 2 fully saturated rings. The van der Waals surface area contributed by atoms with Crippen molar-refractivity contribution in [2.24, 2.45) is 0 Å². The van der Waals surface area contributed by atoms with E-state index in [4.69, 9.17) is 0 Å². The van der Waals surface area contributed by atoms with Crippen molar-refractivity contribution < 1.29 is 9.90 Å². The zero-order chi connectivity index (χ0) is 10.9. The van der Waals surface area contributed by atoms with Gasteiger partial charge in [-0.2, -0.15) is 0 Å². The quantitative estimate of drug-likeness (QED) is 0.680. The Morgan fingerprint density at radius 1 is 1.53 bits per heavy atom. The lowest BCUT2D eigenvalue weighted by Gasteiger charge is -2.46. The number of amides is 1. The lowest BCUT2D eigenvalue weighted by molar-refractivity contribution is -0.133. The van der Waals surface area contributed by atoms with Gasteiger partial charge in [-0.3, -0.25) is 9.69 Å². The van der Waals surface area contributed by atoms with Crippen molar-refractivity contribution >= 4 is 5.91 Å². The molecule has 0 spiro atoms. The zero-order valence-corrected chi connectivity index (χ0v) is 9.33. The highest BCUT2D eigenvalue weighted by Gasteiger charge is 2.40. The molecule has 1 aliphatic carbocycles. The van der Waals surface area contributed by atoms with Crippen molar-refractivity contribution in [2.45, 2.75) is 44.2 Å². The number of nitrogens with one attached hydrogen (secondary N) is 1. The predicted octanol–water partition coefficient (Wildman–Crippen LogP) is 0.112. The highest BCUT2D eigenvalue weighted by molar-refractivity contribution is 5.78. The molecule has 2 aliphatic rings. The molecule has 1 saturated heterocycles. The molecule has 0 bridgehead atoms. The van der Waals surface area contributed by atoms with Gasteiger partial charge < -0.3 is 10.4 Å². The highest BCUT2D eigenvalue weighted by Crippen LogP contribution is 2.25. The summed E-state index contributed by atoms with van der Waals surface area (Å²) in [4.78, 5) is 13.4. The summed E-state index contributed by atoms with van der Waals surface area (Å²) in [6.45, 7) is 3.82. The molecule has 2 rings (SSSR count). The summed E-state index contributed by atoms with van der Waals surface area (Å²) in [6, 6.07) is 0.438. The van der Waals surface area contributed by atoms with Gasteiger partial charge in [0.2, 0.25) is 5.91 Å². The third-order valence-corrected chi connectivity index (χ3v) is 3.06. The van der Waals surface area contributed by atoms with Gasteiger partial charge >= 0.3 is 0 Å². The van der Waals surface area contributed by atoms with Crippen LogP contribution in [0.1, 0.15) is 32.6 Å². The fraction of sp³-hybridized carbons (Fsp3) is 0.909. The number of nitrogens with zero attached hydrogens (tertiary/aromatic N) is 1. The third kappa shape index (κ3) is 2.92. The Morgan fingerprint density at radius 2 is 2.20 bits per heavy atom. The predicted molar refractivity (Wildman–Crippen MR) is 57.5 cm³/mol. The Hall–Kier alpha value is -0.610. The maximum absolute atomic E-state index is 11.4. The van der Waals surface area contributed by atoms with E-state index in [0.717, 1.165) is 25.7 Å². The SMILES string of the molecule is CCCC1(O)CN(CC(=O)NC2CC2)C1. The van der Waals surface area contributed by atoms with Crippen LogP contribution in [-0.4, -0.2) is 47.2 Å². The lowest BCUT2D eigenvalue weighted by atomic mass is 9.89. The first-order chi connectivity index (χ1) is 7.11. The third-order valence-electron chi connectivity index (χ3n) is 3.06. The van der Waals surface area contributed by atoms with Gasteiger partial charge in [-0.05, 0) is 19.3 Å². The first-order valence-corrected chi connectivity index (χ1v) is 5.85. The average Bonchev–Trinajstić information content (AvgIpc) is 2.85. The molecule has 2 N–H and O–H groups in total. The topological polar surface area (TPSA) is 52.6 Å². The maximum atomic E-state index is 11.4. The molecular weight excluding hydrogens is 192 g/mol. The van der Waals surface area contributed by atoms with Crippen LogP contribution in [0.15, 0.2) is 0 Å². The molecule has 1 saturated carbocycles. The van der Waals surface area contributed by atoms with E-state index in [0.29, 0.717) is 25.7 Å². The van der Waals surface area contributed by atoms with Crippen LogP contribution in [0.25, 0.3) is 0 Å². The number of β-amino-alcohol motifs (C(OH)–C–C–N with tert-alkyl or cyclic N) is 1. The molecular formula is C11H20N2O2. The minimum atomic E-state index is -0.519. The molecule has 1 heterocycles. The van der Waals surface area contributed by atoms with Gasteiger partial charge in [-0.25, -0.2) is 0 Å². The van der Waals surface area contributed by atoms with Crippen LogP contribution < -0.4 is 5.32 Å². The van der Waals surface area contributed by atoms with Crippen molar-refractivity contribution in [1.29, 1.82) is 0 Å². The van der Waals surface area contributed by atoms with Crippen LogP contribution in [0.5, 0.6) is 0 Å². The molecule has 4 heteroatoms. The smallest absolute Gasteiger partial charge is 0.234 e. The summed E-state index contributed by atoms with van der Waals surface area (Å²) in [5, 5.41) is 12.9. The van der Waals surface area contributed by atoms with E-state index in [1.54, 1.807) is 0 Å². The van der Waals surface area contributed by atoms with Crippen LogP contribution in [0.2, 0.25) is 0 Å². The van der Waals surface area contributed by atoms with Crippen LogP contribution in [0.3, 0.4) is 0 Å². The number of likely N-dealkylation sites (tertiary alicyclic amines) is 1. The van der Waals surface area contributed by atoms with Gasteiger partial charge in [0, 0.05) is 19.1 Å². The van der Waals surface area contributed by atoms with Gasteiger partial charge in [-0.15, -0.1) is 0 Å². The fourth-order valence-electron chi connectivity index (χ4n) is 2.23. The average molecular weight is 212 g/mol. The molecule has 4 nitrogen and oxygen atoms in total. The molecule has 86 valence electrons. The van der Waals surface area contributed by atoms with Crippen molar-refractivity contribution in [1.82, 2.24) is 10.2 Å². The van der Waals surface area contributed by atoms with E-state index in [2.05, 4.69) is 12.2 Å². The van der Waals surface area contributed by atoms with Gasteiger partial charge in [0.25, 0.3) is 0 Å². The van der Waals surface area contributed by atoms with Crippen LogP contribution >= 0.6 is 0 Å². The summed E-state index contributed by atoms with van der Waals surface area (Å²) in [6.07, 6.45) is 4.10. The van der Waals surface area contributed by atoms with E-state index in [1.165, 1.54) is 0 Å². The van der Waals surface area contributed by atoms with Crippen molar-refractivity contribution in [3.63, 3.8) is 0 Å². The first-order valence-electron chi connectivity index (χ1n) is 5.85. The number of hydrogen-bond acceptors (Lipinski definition) is 3. The standard InChI is InChI=1S/C11H20N2O2/c1-2-5-11(15)7-13(8-11)6-10(14)12-9-3-4-9/h9,15H,2-8H2,1H3,(H,12,14). The summed E-state index contributed by atoms with van der Waals surface area (Å²) < 4.78 is 0. The molecule has 0 radical (unpaired) electrons. The second kappa shape index (κ2) is 4.10. The van der Waals surface area contributed by atoms with Crippen molar-refractivity contribution in [3.05, 3.63) is 0 Å². The monoisotopic (exact) mass is 212 g/mol. The number of carbonyl (C=O) groups excluding carboxylic acids is 1. The molecule has 15 heavy (non-hydrogen) atoms. The summed E-state index contributed by atoms with van der Waals surface area (Å²) in [5.74, 6) is 0.107. The molecule has 0 unspecified atom stereocenters. The number of carbonyl (C=O) groups is 1. The number of aliphatic hydroxyl groups is 1. The van der Waals surface area contributed by atoms with Gasteiger partial charge in [-0.1, -0.05) is 13.3 Å². The second-order valence-corrected chi connectivity index (χ2v) is 4.96. The summed E-state index contributed by atoms with van der Waals surface area (Å²) >= 11 is 0. The van der Waals surface area contributed by atoms with Gasteiger partial charge in [0.15, 0.2) is 0 Å². The molecule has 0 aromatic heterocycles. The number of rotatable bonds is 5. The van der Waals surface area contributed by atoms with Crippen LogP contribution in [-0.2, 0) is 4.79 Å². The lowest BCUT2D eigenvalue weighted by Crippen LogP contribution is -2.63. The molecule has 1 aliphatic heterocycles. The first kappa shape index (κ1) is 10.9. The Balaban J connectivity index is 1.63. The maximum Gasteiger partial charge on any atom is 0.234 e. The molecule has 0 aromatic carbocycles. The molecule has 0 aromatic rings. The van der Waals surface area contributed by atoms with Crippen molar-refractivity contribution in [3.8, 4) is 0 Å². The van der Waals surface area contributed by atoms with E-state index in [9.17, 15) is 9.90 Å². The Kier molecular flexibility index (Phi) is 2.98. The second-order valence-electron chi connectivity index (χ2n) is 4.96. The summed E-state index contributed by atoms with van der Waals surface area (Å²) in [5.41, 5.74) is -0.519. The highest BCUT2D eigenvalue weighted by atomic mass is 16.3. The van der Waals surface area contributed by atoms with E-state index < -0.39 is 5.60 Å². The van der Waals surface area contributed by atoms with Crippen LogP contribution in [0, 0.1) is 0 Å². The van der Waals surface area contributed by atoms with Crippen molar-refractivity contribution in [2.75, 3.05) is 19.6 Å². The summed E-state index contributed by atoms with van der Waals surface area (Å²) in [7, 11) is 0. The Labute approximate surface area is 90.6 Å². The van der Waals surface area contributed by atoms with E-state index >= 15 is 0 Å². The fourth-order valence-corrected chi connectivity index (χ4v) is 2.23. The molecule has 0 atom stereocenters. The van der Waals surface area contributed by atoms with E-state index in [1.807, 2.05) is 4.90 Å². The van der Waals surface area contributed by atoms with Gasteiger partial charge in [0.05, 0.1) is 12.1 Å². The number of hydrogen-bond donors (Lipinski definition) is 2. The van der Waals surface area contributed by atoms with Crippen LogP contribution in [0.4, 0.5) is 0 Å². The minimum absolute atomic E-state index is 0.107. The minimum Gasteiger partial charge on any atom is -0.387 e. The normalized spacial score (nSPS) is 24.7. The zero-order valence-electron chi connectivity index (χ0n) is 9.33. The van der Waals surface area contributed by atoms with Gasteiger partial charge in [0.1, 0.15) is 0 Å². The molecule has 1 amide bonds. The Bertz CT molecular complexity index is 245. The largest absolute Gasteiger partial charge is 0.387 e. The Morgan fingerprint density at radius 3 is 2.73 bits per heavy atom.